The normalized spacial score (nSPS) is 10.2. The summed E-state index contributed by atoms with van der Waals surface area (Å²) in [6, 6.07) is 15.2. The second-order valence-corrected chi connectivity index (χ2v) is 6.09. The maximum absolute atomic E-state index is 12.3. The molecule has 1 amide bonds. The first kappa shape index (κ1) is 19.8. The Hall–Kier alpha value is -3.94. The van der Waals surface area contributed by atoms with Crippen molar-refractivity contribution >= 4 is 28.9 Å². The first-order valence-corrected chi connectivity index (χ1v) is 8.75. The van der Waals surface area contributed by atoms with Gasteiger partial charge in [0, 0.05) is 23.0 Å². The monoisotopic (exact) mass is 392 g/mol. The van der Waals surface area contributed by atoms with Crippen LogP contribution in [0.2, 0.25) is 0 Å². The molecule has 29 heavy (non-hydrogen) atoms. The number of amides is 1. The fourth-order valence-electron chi connectivity index (χ4n) is 2.57. The van der Waals surface area contributed by atoms with Crippen molar-refractivity contribution in [2.24, 2.45) is 0 Å². The molecule has 0 saturated heterocycles. The average molecular weight is 392 g/mol. The number of nitrogens with zero attached hydrogens (tertiary/aromatic N) is 2. The summed E-state index contributed by atoms with van der Waals surface area (Å²) in [6.45, 7) is 1.49. The molecule has 3 aromatic rings. The van der Waals surface area contributed by atoms with Gasteiger partial charge in [-0.2, -0.15) is 0 Å². The number of carbonyl (C=O) groups is 2. The maximum atomic E-state index is 12.3. The van der Waals surface area contributed by atoms with Crippen LogP contribution in [0.15, 0.2) is 54.6 Å². The van der Waals surface area contributed by atoms with Crippen molar-refractivity contribution in [2.75, 3.05) is 24.9 Å². The minimum atomic E-state index is -0.397. The highest BCUT2D eigenvalue weighted by Crippen LogP contribution is 2.30. The molecule has 2 N–H and O–H groups in total. The fraction of sp³-hybridized carbons (Fsp3) is 0.143. The summed E-state index contributed by atoms with van der Waals surface area (Å²) in [5, 5.41) is 13.8. The summed E-state index contributed by atoms with van der Waals surface area (Å²) in [4.78, 5) is 23.6. The van der Waals surface area contributed by atoms with E-state index in [1.165, 1.54) is 6.92 Å². The van der Waals surface area contributed by atoms with Gasteiger partial charge in [-0.3, -0.25) is 9.59 Å². The van der Waals surface area contributed by atoms with Gasteiger partial charge in [-0.05, 0) is 55.5 Å². The number of ether oxygens (including phenoxy) is 2. The molecular formula is C21H20N4O4. The van der Waals surface area contributed by atoms with Gasteiger partial charge in [-0.15, -0.1) is 10.2 Å². The number of carbonyl (C=O) groups excluding carboxylic acids is 2. The minimum Gasteiger partial charge on any atom is -0.493 e. The van der Waals surface area contributed by atoms with E-state index in [2.05, 4.69) is 20.8 Å². The average Bonchev–Trinajstić information content (AvgIpc) is 2.74. The first-order chi connectivity index (χ1) is 14.0. The van der Waals surface area contributed by atoms with Gasteiger partial charge in [0.25, 0.3) is 5.91 Å². The lowest BCUT2D eigenvalue weighted by Gasteiger charge is -2.11. The standard InChI is InChI=1S/C21H20N4O4/c1-13(26)14-4-6-15(7-5-14)23-21(27)17-9-11-20(25-24-17)22-16-8-10-18(28-2)19(12-16)29-3/h4-12H,1-3H3,(H,22,25)(H,23,27). The molecule has 0 unspecified atom stereocenters. The van der Waals surface area contributed by atoms with Gasteiger partial charge < -0.3 is 20.1 Å². The quantitative estimate of drug-likeness (QED) is 0.591. The number of nitrogens with one attached hydrogen (secondary N) is 2. The van der Waals surface area contributed by atoms with Crippen molar-refractivity contribution in [1.82, 2.24) is 10.2 Å². The van der Waals surface area contributed by atoms with E-state index in [9.17, 15) is 9.59 Å². The Morgan fingerprint density at radius 1 is 0.828 bits per heavy atom. The molecule has 148 valence electrons. The number of rotatable bonds is 7. The van der Waals surface area contributed by atoms with Crippen molar-refractivity contribution < 1.29 is 19.1 Å². The Morgan fingerprint density at radius 2 is 1.52 bits per heavy atom. The fourth-order valence-corrected chi connectivity index (χ4v) is 2.57. The lowest BCUT2D eigenvalue weighted by atomic mass is 10.1. The highest BCUT2D eigenvalue weighted by Gasteiger charge is 2.10. The molecule has 0 aliphatic carbocycles. The molecule has 3 rings (SSSR count). The summed E-state index contributed by atoms with van der Waals surface area (Å²) in [5.41, 5.74) is 2.04. The van der Waals surface area contributed by atoms with E-state index in [1.807, 2.05) is 6.07 Å². The van der Waals surface area contributed by atoms with E-state index < -0.39 is 5.91 Å². The maximum Gasteiger partial charge on any atom is 0.276 e. The second-order valence-electron chi connectivity index (χ2n) is 6.09. The van der Waals surface area contributed by atoms with Crippen molar-refractivity contribution in [3.8, 4) is 11.5 Å². The number of ketones is 1. The summed E-state index contributed by atoms with van der Waals surface area (Å²) >= 11 is 0. The summed E-state index contributed by atoms with van der Waals surface area (Å²) in [6.07, 6.45) is 0. The molecule has 0 saturated carbocycles. The zero-order chi connectivity index (χ0) is 20.8. The van der Waals surface area contributed by atoms with Crippen LogP contribution < -0.4 is 20.1 Å². The van der Waals surface area contributed by atoms with Gasteiger partial charge in [-0.1, -0.05) is 0 Å². The van der Waals surface area contributed by atoms with E-state index >= 15 is 0 Å². The van der Waals surface area contributed by atoms with E-state index in [1.54, 1.807) is 62.8 Å². The lowest BCUT2D eigenvalue weighted by Crippen LogP contribution is -2.14. The number of aromatic nitrogens is 2. The van der Waals surface area contributed by atoms with E-state index in [0.717, 1.165) is 5.69 Å². The van der Waals surface area contributed by atoms with Gasteiger partial charge in [-0.25, -0.2) is 0 Å². The largest absolute Gasteiger partial charge is 0.493 e. The summed E-state index contributed by atoms with van der Waals surface area (Å²) in [5.74, 6) is 1.24. The number of methoxy groups -OCH3 is 2. The van der Waals surface area contributed by atoms with Crippen molar-refractivity contribution in [1.29, 1.82) is 0 Å². The van der Waals surface area contributed by atoms with Crippen molar-refractivity contribution in [3.63, 3.8) is 0 Å². The molecule has 0 aliphatic heterocycles. The predicted octanol–water partition coefficient (Wildman–Crippen LogP) is 3.69. The van der Waals surface area contributed by atoms with E-state index in [0.29, 0.717) is 28.6 Å². The minimum absolute atomic E-state index is 0.0358. The number of hydrogen-bond acceptors (Lipinski definition) is 7. The molecule has 0 spiro atoms. The van der Waals surface area contributed by atoms with Crippen molar-refractivity contribution in [3.05, 3.63) is 65.9 Å². The molecule has 0 aliphatic rings. The molecule has 0 fully saturated rings. The molecule has 8 nitrogen and oxygen atoms in total. The first-order valence-electron chi connectivity index (χ1n) is 8.75. The van der Waals surface area contributed by atoms with Gasteiger partial charge in [0.1, 0.15) is 0 Å². The summed E-state index contributed by atoms with van der Waals surface area (Å²) in [7, 11) is 3.13. The zero-order valence-electron chi connectivity index (χ0n) is 16.2. The number of benzene rings is 2. The number of anilines is 3. The SMILES string of the molecule is COc1ccc(Nc2ccc(C(=O)Nc3ccc(C(C)=O)cc3)nn2)cc1OC. The highest BCUT2D eigenvalue weighted by atomic mass is 16.5. The van der Waals surface area contributed by atoms with Gasteiger partial charge in [0.05, 0.1) is 14.2 Å². The molecule has 0 bridgehead atoms. The summed E-state index contributed by atoms with van der Waals surface area (Å²) < 4.78 is 10.5. The van der Waals surface area contributed by atoms with Crippen LogP contribution in [0.4, 0.5) is 17.2 Å². The van der Waals surface area contributed by atoms with Crippen LogP contribution in [-0.4, -0.2) is 36.1 Å². The molecule has 2 aromatic carbocycles. The third-order valence-corrected chi connectivity index (χ3v) is 4.10. The molecule has 0 radical (unpaired) electrons. The molecule has 1 aromatic heterocycles. The molecular weight excluding hydrogens is 372 g/mol. The third kappa shape index (κ3) is 4.86. The number of hydrogen-bond donors (Lipinski definition) is 2. The molecule has 1 heterocycles. The Morgan fingerprint density at radius 3 is 2.10 bits per heavy atom. The Balaban J connectivity index is 1.66. The zero-order valence-corrected chi connectivity index (χ0v) is 16.2. The van der Waals surface area contributed by atoms with Crippen LogP contribution in [0.3, 0.4) is 0 Å². The Bertz CT molecular complexity index is 1020. The van der Waals surface area contributed by atoms with Gasteiger partial charge in [0.15, 0.2) is 28.8 Å². The van der Waals surface area contributed by atoms with Crippen LogP contribution >= 0.6 is 0 Å². The van der Waals surface area contributed by atoms with Gasteiger partial charge >= 0.3 is 0 Å². The third-order valence-electron chi connectivity index (χ3n) is 4.10. The predicted molar refractivity (Wildman–Crippen MR) is 109 cm³/mol. The Kier molecular flexibility index (Phi) is 6.03. The van der Waals surface area contributed by atoms with Crippen LogP contribution in [0.5, 0.6) is 11.5 Å². The topological polar surface area (TPSA) is 102 Å². The smallest absolute Gasteiger partial charge is 0.276 e. The van der Waals surface area contributed by atoms with E-state index in [-0.39, 0.29) is 11.5 Å². The van der Waals surface area contributed by atoms with Crippen molar-refractivity contribution in [2.45, 2.75) is 6.92 Å². The van der Waals surface area contributed by atoms with Crippen LogP contribution in [-0.2, 0) is 0 Å². The van der Waals surface area contributed by atoms with Crippen LogP contribution in [0.25, 0.3) is 0 Å². The second kappa shape index (κ2) is 8.83. The lowest BCUT2D eigenvalue weighted by molar-refractivity contribution is 0.101. The molecule has 8 heteroatoms. The van der Waals surface area contributed by atoms with Gasteiger partial charge in [0.2, 0.25) is 0 Å². The van der Waals surface area contributed by atoms with Crippen LogP contribution in [0, 0.1) is 0 Å². The van der Waals surface area contributed by atoms with E-state index in [4.69, 9.17) is 9.47 Å². The highest BCUT2D eigenvalue weighted by molar-refractivity contribution is 6.03. The van der Waals surface area contributed by atoms with Crippen LogP contribution in [0.1, 0.15) is 27.8 Å². The molecule has 0 atom stereocenters. The Labute approximate surface area is 167 Å². The number of Topliss-reactive ketones (excluding diaryl/α,β-unsaturated/α-hetero) is 1.